The maximum absolute atomic E-state index is 12.8. The van der Waals surface area contributed by atoms with Crippen LogP contribution in [0, 0.1) is 5.92 Å². The summed E-state index contributed by atoms with van der Waals surface area (Å²) in [5.74, 6) is 1.43. The highest BCUT2D eigenvalue weighted by Crippen LogP contribution is 2.37. The minimum atomic E-state index is -0.177. The summed E-state index contributed by atoms with van der Waals surface area (Å²) in [6.45, 7) is 2.27. The van der Waals surface area contributed by atoms with Gasteiger partial charge in [0.25, 0.3) is 0 Å². The molecule has 116 valence electrons. The van der Waals surface area contributed by atoms with Crippen molar-refractivity contribution >= 4 is 28.8 Å². The number of alkyl halides is 1. The van der Waals surface area contributed by atoms with Crippen LogP contribution in [-0.4, -0.2) is 17.3 Å². The van der Waals surface area contributed by atoms with E-state index in [1.54, 1.807) is 11.3 Å². The second-order valence-corrected chi connectivity index (χ2v) is 8.12. The molecular formula is C17H24ClNOS. The monoisotopic (exact) mass is 325 g/mol. The van der Waals surface area contributed by atoms with Gasteiger partial charge in [-0.2, -0.15) is 0 Å². The summed E-state index contributed by atoms with van der Waals surface area (Å²) in [5, 5.41) is 5.47. The molecule has 3 rings (SSSR count). The third-order valence-corrected chi connectivity index (χ3v) is 6.61. The maximum Gasteiger partial charge on any atom is 0.228 e. The van der Waals surface area contributed by atoms with E-state index in [1.807, 2.05) is 0 Å². The van der Waals surface area contributed by atoms with Gasteiger partial charge in [-0.25, -0.2) is 0 Å². The highest BCUT2D eigenvalue weighted by molar-refractivity contribution is 7.10. The fraction of sp³-hybridized carbons (Fsp3) is 0.706. The van der Waals surface area contributed by atoms with Crippen molar-refractivity contribution in [1.29, 1.82) is 0 Å². The number of thiophene rings is 1. The number of fused-ring (bicyclic) bond motifs is 1. The summed E-state index contributed by atoms with van der Waals surface area (Å²) in [6, 6.07) is 2.14. The molecule has 1 amide bonds. The normalized spacial score (nSPS) is 32.5. The predicted molar refractivity (Wildman–Crippen MR) is 89.2 cm³/mol. The van der Waals surface area contributed by atoms with E-state index in [0.29, 0.717) is 11.8 Å². The first-order valence-electron chi connectivity index (χ1n) is 8.08. The van der Waals surface area contributed by atoms with Crippen LogP contribution in [0.3, 0.4) is 0 Å². The molecule has 0 aliphatic heterocycles. The third kappa shape index (κ3) is 3.14. The number of halogens is 1. The van der Waals surface area contributed by atoms with Crippen molar-refractivity contribution in [3.63, 3.8) is 0 Å². The summed E-state index contributed by atoms with van der Waals surface area (Å²) in [5.41, 5.74) is 1.08. The van der Waals surface area contributed by atoms with Crippen molar-refractivity contribution in [2.75, 3.05) is 5.88 Å². The highest BCUT2D eigenvalue weighted by atomic mass is 35.5. The number of carbonyl (C=O) groups is 1. The molecule has 3 atom stereocenters. The van der Waals surface area contributed by atoms with Crippen molar-refractivity contribution in [3.05, 3.63) is 21.9 Å². The fourth-order valence-electron chi connectivity index (χ4n) is 4.04. The van der Waals surface area contributed by atoms with Gasteiger partial charge in [-0.1, -0.05) is 19.8 Å². The van der Waals surface area contributed by atoms with Crippen LogP contribution in [0.4, 0.5) is 0 Å². The Bertz CT molecular complexity index is 515. The molecule has 0 bridgehead atoms. The van der Waals surface area contributed by atoms with Gasteiger partial charge in [-0.05, 0) is 55.0 Å². The van der Waals surface area contributed by atoms with E-state index in [0.717, 1.165) is 32.1 Å². The zero-order chi connectivity index (χ0) is 14.9. The molecule has 1 heterocycles. The van der Waals surface area contributed by atoms with Crippen molar-refractivity contribution < 1.29 is 4.79 Å². The zero-order valence-electron chi connectivity index (χ0n) is 12.7. The van der Waals surface area contributed by atoms with E-state index in [1.165, 1.54) is 23.3 Å². The molecule has 0 spiro atoms. The van der Waals surface area contributed by atoms with Crippen LogP contribution < -0.4 is 5.32 Å². The van der Waals surface area contributed by atoms with Gasteiger partial charge >= 0.3 is 0 Å². The molecule has 2 nitrogen and oxygen atoms in total. The molecule has 2 aliphatic rings. The highest BCUT2D eigenvalue weighted by Gasteiger charge is 2.38. The minimum Gasteiger partial charge on any atom is -0.349 e. The Hall–Kier alpha value is -0.540. The van der Waals surface area contributed by atoms with Crippen LogP contribution >= 0.6 is 22.9 Å². The Morgan fingerprint density at radius 1 is 1.48 bits per heavy atom. The number of hydrogen-bond donors (Lipinski definition) is 1. The standard InChI is InChI=1S/C17H24ClNOS/c1-12-4-3-8-17(10-12,11-18)19-16(20)14-5-2-6-15-13(14)7-9-21-15/h7,9,12,14H,2-6,8,10-11H2,1H3,(H,19,20). The molecule has 1 aromatic rings. The Kier molecular flexibility index (Phi) is 4.60. The van der Waals surface area contributed by atoms with E-state index in [9.17, 15) is 4.79 Å². The van der Waals surface area contributed by atoms with Gasteiger partial charge in [-0.3, -0.25) is 4.79 Å². The van der Waals surface area contributed by atoms with E-state index in [2.05, 4.69) is 23.7 Å². The number of nitrogens with one attached hydrogen (secondary N) is 1. The molecular weight excluding hydrogens is 302 g/mol. The van der Waals surface area contributed by atoms with Crippen LogP contribution in [0.15, 0.2) is 11.4 Å². The molecule has 4 heteroatoms. The molecule has 0 aromatic carbocycles. The van der Waals surface area contributed by atoms with E-state index < -0.39 is 0 Å². The van der Waals surface area contributed by atoms with Crippen LogP contribution in [0.2, 0.25) is 0 Å². The Morgan fingerprint density at radius 3 is 3.10 bits per heavy atom. The minimum absolute atomic E-state index is 0.0392. The number of rotatable bonds is 3. The summed E-state index contributed by atoms with van der Waals surface area (Å²) in [7, 11) is 0. The Labute approximate surface area is 136 Å². The van der Waals surface area contributed by atoms with E-state index in [-0.39, 0.29) is 17.4 Å². The summed E-state index contributed by atoms with van der Waals surface area (Å²) < 4.78 is 0. The lowest BCUT2D eigenvalue weighted by molar-refractivity contribution is -0.125. The van der Waals surface area contributed by atoms with Crippen molar-refractivity contribution in [2.45, 2.75) is 63.3 Å². The Morgan fingerprint density at radius 2 is 2.33 bits per heavy atom. The van der Waals surface area contributed by atoms with E-state index >= 15 is 0 Å². The van der Waals surface area contributed by atoms with Crippen LogP contribution in [0.1, 0.15) is 61.8 Å². The molecule has 1 fully saturated rings. The molecule has 0 radical (unpaired) electrons. The first kappa shape index (κ1) is 15.4. The van der Waals surface area contributed by atoms with Crippen molar-refractivity contribution in [3.8, 4) is 0 Å². The first-order valence-corrected chi connectivity index (χ1v) is 9.49. The van der Waals surface area contributed by atoms with Gasteiger partial charge in [0.2, 0.25) is 5.91 Å². The average Bonchev–Trinajstić information content (AvgIpc) is 2.95. The molecule has 21 heavy (non-hydrogen) atoms. The lowest BCUT2D eigenvalue weighted by Crippen LogP contribution is -2.54. The summed E-state index contributed by atoms with van der Waals surface area (Å²) >= 11 is 8.04. The lowest BCUT2D eigenvalue weighted by Gasteiger charge is -2.40. The van der Waals surface area contributed by atoms with Gasteiger partial charge in [0, 0.05) is 10.8 Å². The number of amides is 1. The Balaban J connectivity index is 1.74. The maximum atomic E-state index is 12.8. The summed E-state index contributed by atoms with van der Waals surface area (Å²) in [4.78, 5) is 14.2. The SMILES string of the molecule is CC1CCCC(CCl)(NC(=O)C2CCCc3sccc32)C1. The summed E-state index contributed by atoms with van der Waals surface area (Å²) in [6.07, 6.45) is 7.70. The molecule has 3 unspecified atom stereocenters. The van der Waals surface area contributed by atoms with Gasteiger partial charge in [0.1, 0.15) is 0 Å². The molecule has 1 aromatic heterocycles. The van der Waals surface area contributed by atoms with Gasteiger partial charge in [0.15, 0.2) is 0 Å². The largest absolute Gasteiger partial charge is 0.349 e. The first-order chi connectivity index (χ1) is 10.1. The fourth-order valence-corrected chi connectivity index (χ4v) is 5.33. The predicted octanol–water partition coefficient (Wildman–Crippen LogP) is 4.47. The van der Waals surface area contributed by atoms with Crippen molar-refractivity contribution in [2.24, 2.45) is 5.92 Å². The second-order valence-electron chi connectivity index (χ2n) is 6.85. The third-order valence-electron chi connectivity index (χ3n) is 5.10. The number of hydrogen-bond acceptors (Lipinski definition) is 2. The number of carbonyl (C=O) groups excluding carboxylic acids is 1. The zero-order valence-corrected chi connectivity index (χ0v) is 14.2. The molecule has 0 saturated heterocycles. The topological polar surface area (TPSA) is 29.1 Å². The van der Waals surface area contributed by atoms with Gasteiger partial charge in [-0.15, -0.1) is 22.9 Å². The molecule has 1 N–H and O–H groups in total. The smallest absolute Gasteiger partial charge is 0.228 e. The van der Waals surface area contributed by atoms with Gasteiger partial charge in [0.05, 0.1) is 11.5 Å². The van der Waals surface area contributed by atoms with Crippen LogP contribution in [0.5, 0.6) is 0 Å². The average molecular weight is 326 g/mol. The molecule has 1 saturated carbocycles. The van der Waals surface area contributed by atoms with E-state index in [4.69, 9.17) is 11.6 Å². The second kappa shape index (κ2) is 6.29. The lowest BCUT2D eigenvalue weighted by atomic mass is 9.76. The molecule has 2 aliphatic carbocycles. The van der Waals surface area contributed by atoms with Crippen LogP contribution in [0.25, 0.3) is 0 Å². The van der Waals surface area contributed by atoms with Crippen molar-refractivity contribution in [1.82, 2.24) is 5.32 Å². The van der Waals surface area contributed by atoms with Crippen LogP contribution in [-0.2, 0) is 11.2 Å². The quantitative estimate of drug-likeness (QED) is 0.816. The number of aryl methyl sites for hydroxylation is 1. The van der Waals surface area contributed by atoms with Gasteiger partial charge < -0.3 is 5.32 Å².